The smallest absolute Gasteiger partial charge is 0.261 e. The van der Waals surface area contributed by atoms with Gasteiger partial charge in [0, 0.05) is 30.0 Å². The van der Waals surface area contributed by atoms with Gasteiger partial charge in [-0.05, 0) is 37.3 Å². The molecule has 0 spiro atoms. The van der Waals surface area contributed by atoms with E-state index in [1.165, 1.54) is 6.07 Å². The van der Waals surface area contributed by atoms with Crippen LogP contribution in [0.1, 0.15) is 21.6 Å². The molecule has 1 amide bonds. The lowest BCUT2D eigenvalue weighted by Crippen LogP contribution is -2.23. The Labute approximate surface area is 127 Å². The van der Waals surface area contributed by atoms with Crippen LogP contribution in [0.2, 0.25) is 0 Å². The number of benzene rings is 1. The maximum atomic E-state index is 12.2. The lowest BCUT2D eigenvalue weighted by molar-refractivity contribution is 0.102. The Kier molecular flexibility index (Phi) is 3.93. The second-order valence-electron chi connectivity index (χ2n) is 5.19. The summed E-state index contributed by atoms with van der Waals surface area (Å²) < 4.78 is 5.60. The van der Waals surface area contributed by atoms with E-state index in [0.717, 1.165) is 23.6 Å². The fourth-order valence-corrected chi connectivity index (χ4v) is 2.34. The Bertz CT molecular complexity index is 767. The molecule has 0 radical (unpaired) electrons. The van der Waals surface area contributed by atoms with Crippen LogP contribution in [0, 0.1) is 6.92 Å². The monoisotopic (exact) mass is 299 g/mol. The molecule has 0 fully saturated rings. The largest absolute Gasteiger partial charge is 0.492 e. The molecule has 6 nitrogen and oxygen atoms in total. The predicted octanol–water partition coefficient (Wildman–Crippen LogP) is 1.42. The highest BCUT2D eigenvalue weighted by molar-refractivity contribution is 6.04. The van der Waals surface area contributed by atoms with E-state index in [4.69, 9.17) is 4.74 Å². The molecule has 1 aromatic carbocycles. The number of carbonyl (C=O) groups excluding carboxylic acids is 1. The molecule has 2 aromatic rings. The molecular formula is C16H17N3O3. The number of rotatable bonds is 2. The minimum Gasteiger partial charge on any atom is -0.492 e. The second-order valence-corrected chi connectivity index (χ2v) is 5.19. The molecule has 0 saturated heterocycles. The van der Waals surface area contributed by atoms with Crippen molar-refractivity contribution in [2.75, 3.05) is 18.5 Å². The van der Waals surface area contributed by atoms with Gasteiger partial charge in [0.1, 0.15) is 17.9 Å². The van der Waals surface area contributed by atoms with Gasteiger partial charge in [-0.15, -0.1) is 0 Å². The van der Waals surface area contributed by atoms with Gasteiger partial charge in [0.15, 0.2) is 0 Å². The molecule has 3 N–H and O–H groups in total. The van der Waals surface area contributed by atoms with E-state index >= 15 is 0 Å². The molecule has 2 heterocycles. The number of anilines is 1. The van der Waals surface area contributed by atoms with Gasteiger partial charge >= 0.3 is 0 Å². The highest BCUT2D eigenvalue weighted by Gasteiger charge is 2.13. The van der Waals surface area contributed by atoms with Crippen molar-refractivity contribution in [2.45, 2.75) is 13.5 Å². The van der Waals surface area contributed by atoms with Gasteiger partial charge in [-0.1, -0.05) is 0 Å². The summed E-state index contributed by atoms with van der Waals surface area (Å²) in [6.45, 7) is 3.86. The van der Waals surface area contributed by atoms with E-state index in [1.54, 1.807) is 19.1 Å². The lowest BCUT2D eigenvalue weighted by atomic mass is 10.1. The minimum absolute atomic E-state index is 0.0925. The van der Waals surface area contributed by atoms with Crippen LogP contribution < -0.4 is 20.9 Å². The number of H-pyrrole nitrogens is 1. The number of hydrogen-bond acceptors (Lipinski definition) is 4. The first kappa shape index (κ1) is 14.3. The molecule has 3 rings (SSSR count). The second kappa shape index (κ2) is 6.03. The molecule has 6 heteroatoms. The molecule has 0 unspecified atom stereocenters. The summed E-state index contributed by atoms with van der Waals surface area (Å²) in [7, 11) is 0. The first-order chi connectivity index (χ1) is 10.6. The van der Waals surface area contributed by atoms with Crippen LogP contribution in [0.5, 0.6) is 5.75 Å². The summed E-state index contributed by atoms with van der Waals surface area (Å²) in [6, 6.07) is 8.68. The van der Waals surface area contributed by atoms with Crippen molar-refractivity contribution in [1.29, 1.82) is 0 Å². The summed E-state index contributed by atoms with van der Waals surface area (Å²) >= 11 is 0. The van der Waals surface area contributed by atoms with E-state index in [0.29, 0.717) is 18.8 Å². The molecule has 22 heavy (non-hydrogen) atoms. The fraction of sp³-hybridized carbons (Fsp3) is 0.250. The molecule has 1 aromatic heterocycles. The third kappa shape index (κ3) is 3.01. The van der Waals surface area contributed by atoms with Crippen molar-refractivity contribution >= 4 is 11.6 Å². The van der Waals surface area contributed by atoms with Crippen molar-refractivity contribution in [2.24, 2.45) is 0 Å². The zero-order valence-corrected chi connectivity index (χ0v) is 12.2. The number of carbonyl (C=O) groups is 1. The average molecular weight is 299 g/mol. The lowest BCUT2D eigenvalue weighted by Gasteiger charge is -2.10. The molecule has 114 valence electrons. The van der Waals surface area contributed by atoms with Crippen LogP contribution in [0.4, 0.5) is 5.69 Å². The standard InChI is InChI=1S/C16H17N3O3/c1-10-2-4-13(15(20)18-10)16(21)19-12-3-5-14-11(8-12)9-17-6-7-22-14/h2-5,8,17H,6-7,9H2,1H3,(H,18,20)(H,19,21). The highest BCUT2D eigenvalue weighted by atomic mass is 16.5. The number of hydrogen-bond donors (Lipinski definition) is 3. The van der Waals surface area contributed by atoms with Crippen molar-refractivity contribution in [3.63, 3.8) is 0 Å². The van der Waals surface area contributed by atoms with E-state index < -0.39 is 11.5 Å². The third-order valence-corrected chi connectivity index (χ3v) is 3.47. The number of amides is 1. The van der Waals surface area contributed by atoms with Crippen LogP contribution in [0.15, 0.2) is 35.1 Å². The quantitative estimate of drug-likeness (QED) is 0.783. The zero-order valence-electron chi connectivity index (χ0n) is 12.2. The normalized spacial score (nSPS) is 13.7. The Hall–Kier alpha value is -2.60. The molecule has 0 aliphatic carbocycles. The van der Waals surface area contributed by atoms with Crippen molar-refractivity contribution in [3.05, 3.63) is 57.5 Å². The van der Waals surface area contributed by atoms with Gasteiger partial charge in [0.2, 0.25) is 0 Å². The first-order valence-corrected chi connectivity index (χ1v) is 7.11. The highest BCUT2D eigenvalue weighted by Crippen LogP contribution is 2.24. The summed E-state index contributed by atoms with van der Waals surface area (Å²) in [5, 5.41) is 5.99. The van der Waals surface area contributed by atoms with Crippen LogP contribution in [-0.4, -0.2) is 24.0 Å². The summed E-state index contributed by atoms with van der Waals surface area (Å²) in [4.78, 5) is 26.6. The van der Waals surface area contributed by atoms with Crippen molar-refractivity contribution in [1.82, 2.24) is 10.3 Å². The maximum absolute atomic E-state index is 12.2. The van der Waals surface area contributed by atoms with Gasteiger partial charge in [-0.3, -0.25) is 9.59 Å². The number of aromatic amines is 1. The van der Waals surface area contributed by atoms with Crippen molar-refractivity contribution in [3.8, 4) is 5.75 Å². The zero-order chi connectivity index (χ0) is 15.5. The first-order valence-electron chi connectivity index (χ1n) is 7.11. The molecule has 0 saturated carbocycles. The Morgan fingerprint density at radius 2 is 2.14 bits per heavy atom. The van der Waals surface area contributed by atoms with Crippen LogP contribution in [0.25, 0.3) is 0 Å². The Balaban J connectivity index is 1.82. The number of nitrogens with one attached hydrogen (secondary N) is 3. The number of fused-ring (bicyclic) bond motifs is 1. The predicted molar refractivity (Wildman–Crippen MR) is 83.4 cm³/mol. The minimum atomic E-state index is -0.427. The molecular weight excluding hydrogens is 282 g/mol. The molecule has 1 aliphatic heterocycles. The van der Waals surface area contributed by atoms with Crippen LogP contribution in [-0.2, 0) is 6.54 Å². The van der Waals surface area contributed by atoms with Gasteiger partial charge in [0.25, 0.3) is 11.5 Å². The summed E-state index contributed by atoms with van der Waals surface area (Å²) in [5.41, 5.74) is 2.03. The SMILES string of the molecule is Cc1ccc(C(=O)Nc2ccc3c(c2)CNCCO3)c(=O)[nH]1. The Morgan fingerprint density at radius 1 is 1.27 bits per heavy atom. The van der Waals surface area contributed by atoms with E-state index in [1.807, 2.05) is 12.1 Å². The number of aromatic nitrogens is 1. The van der Waals surface area contributed by atoms with E-state index in [-0.39, 0.29) is 5.56 Å². The van der Waals surface area contributed by atoms with E-state index in [2.05, 4.69) is 15.6 Å². The number of aryl methyl sites for hydroxylation is 1. The Morgan fingerprint density at radius 3 is 2.95 bits per heavy atom. The van der Waals surface area contributed by atoms with Crippen molar-refractivity contribution < 1.29 is 9.53 Å². The van der Waals surface area contributed by atoms with Gasteiger partial charge in [0.05, 0.1) is 0 Å². The van der Waals surface area contributed by atoms with E-state index in [9.17, 15) is 9.59 Å². The van der Waals surface area contributed by atoms with Gasteiger partial charge in [-0.25, -0.2) is 0 Å². The van der Waals surface area contributed by atoms with Crippen LogP contribution in [0.3, 0.4) is 0 Å². The van der Waals surface area contributed by atoms with Gasteiger partial charge in [-0.2, -0.15) is 0 Å². The number of ether oxygens (including phenoxy) is 1. The summed E-state index contributed by atoms with van der Waals surface area (Å²) in [5.74, 6) is 0.389. The molecule has 1 aliphatic rings. The summed E-state index contributed by atoms with van der Waals surface area (Å²) in [6.07, 6.45) is 0. The topological polar surface area (TPSA) is 83.2 Å². The molecule has 0 atom stereocenters. The van der Waals surface area contributed by atoms with Gasteiger partial charge < -0.3 is 20.4 Å². The fourth-order valence-electron chi connectivity index (χ4n) is 2.34. The third-order valence-electron chi connectivity index (χ3n) is 3.47. The van der Waals surface area contributed by atoms with Crippen LogP contribution >= 0.6 is 0 Å². The number of pyridine rings is 1. The average Bonchev–Trinajstić information content (AvgIpc) is 2.71. The molecule has 0 bridgehead atoms. The maximum Gasteiger partial charge on any atom is 0.261 e.